The number of Topliss-reactive ketones (excluding diaryl/α,β-unsaturated/α-hetero) is 1. The Bertz CT molecular complexity index is 1080. The summed E-state index contributed by atoms with van der Waals surface area (Å²) in [7, 11) is 0. The molecule has 2 amide bonds. The maximum Gasteiger partial charge on any atom is 0.272 e. The number of amides is 2. The maximum absolute atomic E-state index is 13.3. The number of carbonyl (C=O) groups is 3. The van der Waals surface area contributed by atoms with Crippen molar-refractivity contribution in [3.8, 4) is 11.5 Å². The number of aromatic nitrogens is 1. The van der Waals surface area contributed by atoms with E-state index >= 15 is 0 Å². The summed E-state index contributed by atoms with van der Waals surface area (Å²) in [6, 6.07) is 7.09. The van der Waals surface area contributed by atoms with E-state index < -0.39 is 23.7 Å². The molecule has 1 aromatic carbocycles. The normalized spacial score (nSPS) is 20.3. The van der Waals surface area contributed by atoms with E-state index in [2.05, 4.69) is 10.3 Å². The van der Waals surface area contributed by atoms with Crippen LogP contribution in [-0.4, -0.2) is 40.3 Å². The molecular formula is C21H22N4O5. The topological polar surface area (TPSA) is 124 Å². The Morgan fingerprint density at radius 3 is 2.67 bits per heavy atom. The van der Waals surface area contributed by atoms with Gasteiger partial charge >= 0.3 is 0 Å². The number of nitrogens with zero attached hydrogens (tertiary/aromatic N) is 2. The van der Waals surface area contributed by atoms with Crippen molar-refractivity contribution < 1.29 is 23.9 Å². The third-order valence-corrected chi connectivity index (χ3v) is 5.15. The van der Waals surface area contributed by atoms with E-state index in [4.69, 9.17) is 15.2 Å². The minimum Gasteiger partial charge on any atom is -0.479 e. The van der Waals surface area contributed by atoms with Crippen LogP contribution in [0, 0.1) is 0 Å². The van der Waals surface area contributed by atoms with Gasteiger partial charge < -0.3 is 20.5 Å². The Morgan fingerprint density at radius 2 is 1.93 bits per heavy atom. The number of pyridine rings is 1. The molecule has 2 aromatic rings. The molecule has 3 heterocycles. The Morgan fingerprint density at radius 1 is 1.23 bits per heavy atom. The number of ketones is 1. The zero-order valence-electron chi connectivity index (χ0n) is 17.1. The monoisotopic (exact) mass is 410 g/mol. The van der Waals surface area contributed by atoms with Crippen molar-refractivity contribution in [2.45, 2.75) is 45.4 Å². The predicted molar refractivity (Wildman–Crippen MR) is 110 cm³/mol. The number of benzene rings is 1. The van der Waals surface area contributed by atoms with Crippen molar-refractivity contribution in [3.63, 3.8) is 0 Å². The molecule has 4 rings (SSSR count). The van der Waals surface area contributed by atoms with Gasteiger partial charge in [0.25, 0.3) is 11.8 Å². The number of nitrogens with one attached hydrogen (secondary N) is 1. The number of carbonyl (C=O) groups excluding carboxylic acids is 3. The molecule has 2 aliphatic rings. The van der Waals surface area contributed by atoms with Crippen LogP contribution < -0.4 is 25.4 Å². The van der Waals surface area contributed by atoms with E-state index in [-0.39, 0.29) is 23.3 Å². The first kappa shape index (κ1) is 19.7. The lowest BCUT2D eigenvalue weighted by molar-refractivity contribution is -0.133. The van der Waals surface area contributed by atoms with Crippen molar-refractivity contribution in [1.82, 2.24) is 4.98 Å². The molecule has 9 heteroatoms. The molecule has 156 valence electrons. The molecule has 0 saturated heterocycles. The number of nitrogen functional groups attached to an aromatic ring is 1. The van der Waals surface area contributed by atoms with E-state index in [1.54, 1.807) is 58.0 Å². The summed E-state index contributed by atoms with van der Waals surface area (Å²) >= 11 is 0. The second kappa shape index (κ2) is 6.72. The van der Waals surface area contributed by atoms with E-state index in [9.17, 15) is 14.4 Å². The highest BCUT2D eigenvalue weighted by Crippen LogP contribution is 2.39. The zero-order valence-corrected chi connectivity index (χ0v) is 17.1. The summed E-state index contributed by atoms with van der Waals surface area (Å²) in [5, 5.41) is 2.72. The Balaban J connectivity index is 1.71. The van der Waals surface area contributed by atoms with Gasteiger partial charge in [-0.25, -0.2) is 4.98 Å². The minimum absolute atomic E-state index is 0.198. The molecule has 0 saturated carbocycles. The fourth-order valence-corrected chi connectivity index (χ4v) is 3.49. The van der Waals surface area contributed by atoms with Crippen LogP contribution in [0.25, 0.3) is 0 Å². The van der Waals surface area contributed by atoms with Crippen molar-refractivity contribution in [2.75, 3.05) is 16.0 Å². The molecule has 9 nitrogen and oxygen atoms in total. The number of anilines is 3. The highest BCUT2D eigenvalue weighted by Gasteiger charge is 2.45. The zero-order chi connectivity index (χ0) is 21.8. The van der Waals surface area contributed by atoms with Crippen LogP contribution in [-0.2, 0) is 9.59 Å². The number of rotatable bonds is 3. The average Bonchev–Trinajstić information content (AvgIpc) is 2.69. The molecule has 0 aliphatic carbocycles. The van der Waals surface area contributed by atoms with Crippen LogP contribution >= 0.6 is 0 Å². The summed E-state index contributed by atoms with van der Waals surface area (Å²) in [5.74, 6) is 0.229. The lowest BCUT2D eigenvalue weighted by Gasteiger charge is -2.40. The van der Waals surface area contributed by atoms with Gasteiger partial charge in [-0.3, -0.25) is 19.3 Å². The number of hydrogen-bond donors (Lipinski definition) is 2. The Hall–Kier alpha value is -3.62. The Kier molecular flexibility index (Phi) is 4.41. The van der Waals surface area contributed by atoms with E-state index in [0.717, 1.165) is 0 Å². The average molecular weight is 410 g/mol. The fourth-order valence-electron chi connectivity index (χ4n) is 3.49. The van der Waals surface area contributed by atoms with E-state index in [1.165, 1.54) is 4.90 Å². The van der Waals surface area contributed by atoms with Crippen LogP contribution in [0.3, 0.4) is 0 Å². The Labute approximate surface area is 173 Å². The highest BCUT2D eigenvalue weighted by molar-refractivity contribution is 6.11. The fraction of sp³-hybridized carbons (Fsp3) is 0.333. The van der Waals surface area contributed by atoms with Crippen molar-refractivity contribution >= 4 is 34.9 Å². The lowest BCUT2D eigenvalue weighted by Crippen LogP contribution is -2.57. The van der Waals surface area contributed by atoms with Crippen LogP contribution in [0.2, 0.25) is 0 Å². The van der Waals surface area contributed by atoms with Gasteiger partial charge in [-0.15, -0.1) is 0 Å². The third kappa shape index (κ3) is 3.12. The van der Waals surface area contributed by atoms with E-state index in [0.29, 0.717) is 22.7 Å². The number of nitrogens with two attached hydrogens (primary N) is 1. The molecule has 0 spiro atoms. The van der Waals surface area contributed by atoms with Gasteiger partial charge in [-0.1, -0.05) is 0 Å². The molecule has 2 aliphatic heterocycles. The van der Waals surface area contributed by atoms with Gasteiger partial charge in [0.2, 0.25) is 0 Å². The van der Waals surface area contributed by atoms with Crippen molar-refractivity contribution in [1.29, 1.82) is 0 Å². The van der Waals surface area contributed by atoms with Gasteiger partial charge in [-0.2, -0.15) is 0 Å². The second-order valence-corrected chi connectivity index (χ2v) is 7.85. The molecule has 1 aromatic heterocycles. The predicted octanol–water partition coefficient (Wildman–Crippen LogP) is 2.16. The minimum atomic E-state index is -1.17. The van der Waals surface area contributed by atoms with Crippen LogP contribution in [0.15, 0.2) is 30.3 Å². The molecule has 2 unspecified atom stereocenters. The molecular weight excluding hydrogens is 388 g/mol. The lowest BCUT2D eigenvalue weighted by atomic mass is 9.98. The number of hydrogen-bond acceptors (Lipinski definition) is 7. The molecule has 0 radical (unpaired) electrons. The highest BCUT2D eigenvalue weighted by atomic mass is 16.5. The maximum atomic E-state index is 13.3. The summed E-state index contributed by atoms with van der Waals surface area (Å²) in [6.07, 6.45) is -0.612. The summed E-state index contributed by atoms with van der Waals surface area (Å²) in [5.41, 5.74) is 5.36. The van der Waals surface area contributed by atoms with Crippen LogP contribution in [0.1, 0.15) is 38.1 Å². The molecule has 3 N–H and O–H groups in total. The van der Waals surface area contributed by atoms with Gasteiger partial charge in [0.1, 0.15) is 11.6 Å². The number of ether oxygens (including phenoxy) is 2. The van der Waals surface area contributed by atoms with Gasteiger partial charge in [0.05, 0.1) is 11.7 Å². The first-order valence-corrected chi connectivity index (χ1v) is 9.53. The largest absolute Gasteiger partial charge is 0.479 e. The van der Waals surface area contributed by atoms with Gasteiger partial charge in [0.15, 0.2) is 29.1 Å². The van der Waals surface area contributed by atoms with Crippen LogP contribution in [0.4, 0.5) is 17.3 Å². The van der Waals surface area contributed by atoms with Crippen molar-refractivity contribution in [3.05, 3.63) is 35.9 Å². The summed E-state index contributed by atoms with van der Waals surface area (Å²) in [4.78, 5) is 43.8. The van der Waals surface area contributed by atoms with E-state index in [1.807, 2.05) is 0 Å². The molecule has 0 bridgehead atoms. The summed E-state index contributed by atoms with van der Waals surface area (Å²) in [6.45, 7) is 6.52. The van der Waals surface area contributed by atoms with Gasteiger partial charge in [-0.05, 0) is 58.0 Å². The molecule has 0 fully saturated rings. The number of fused-ring (bicyclic) bond motifs is 2. The first-order chi connectivity index (χ1) is 14.1. The smallest absolute Gasteiger partial charge is 0.272 e. The van der Waals surface area contributed by atoms with Crippen molar-refractivity contribution in [2.24, 2.45) is 0 Å². The second-order valence-electron chi connectivity index (χ2n) is 7.85. The quantitative estimate of drug-likeness (QED) is 0.743. The molecule has 30 heavy (non-hydrogen) atoms. The first-order valence-electron chi connectivity index (χ1n) is 9.53. The SMILES string of the molecule is CC1Oc2ccc(C(=O)C(C)N3C(=O)C(C)(C)Oc4ccc(N)nc43)cc2NC1=O. The van der Waals surface area contributed by atoms with Gasteiger partial charge in [0, 0.05) is 5.56 Å². The molecule has 2 atom stereocenters. The third-order valence-electron chi connectivity index (χ3n) is 5.15. The van der Waals surface area contributed by atoms with Crippen LogP contribution in [0.5, 0.6) is 11.5 Å². The summed E-state index contributed by atoms with van der Waals surface area (Å²) < 4.78 is 11.3. The standard InChI is InChI=1S/C21H22N4O5/c1-10(17(26)12-5-6-14-13(9-12)23-19(27)11(2)29-14)25-18-15(7-8-16(22)24-18)30-21(3,4)20(25)28/h5-11H,1-4H3,(H2,22,24)(H,23,27).